The molecule has 1 fully saturated rings. The van der Waals surface area contributed by atoms with Crippen LogP contribution in [0.3, 0.4) is 0 Å². The highest BCUT2D eigenvalue weighted by Crippen LogP contribution is 2.29. The average Bonchev–Trinajstić information content (AvgIpc) is 2.64. The topological polar surface area (TPSA) is 71.0 Å². The summed E-state index contributed by atoms with van der Waals surface area (Å²) in [6.45, 7) is 1.32. The molecule has 1 heterocycles. The highest BCUT2D eigenvalue weighted by Gasteiger charge is 2.45. The molecule has 1 aromatic carbocycles. The highest BCUT2D eigenvalue weighted by molar-refractivity contribution is 5.82. The SMILES string of the molecule is CO[C@H]1O[C@H](CN(C(=O)C(F)(F)F)[C@H](C)c2ccccc2)CC[C@H]1NO. The van der Waals surface area contributed by atoms with Crippen LogP contribution in [0.4, 0.5) is 13.2 Å². The van der Waals surface area contributed by atoms with Crippen LogP contribution in [-0.2, 0) is 14.3 Å². The molecule has 1 amide bonds. The van der Waals surface area contributed by atoms with E-state index in [0.717, 1.165) is 4.90 Å². The standard InChI is InChI=1S/C17H23F3N2O4/c1-11(12-6-4-3-5-7-12)22(16(23)17(18,19)20)10-13-8-9-14(21-24)15(25-2)26-13/h3-7,11,13-15,21,24H,8-10H2,1-2H3/t11-,13+,14-,15+/m1/s1. The zero-order valence-electron chi connectivity index (χ0n) is 14.6. The number of nitrogens with zero attached hydrogens (tertiary/aromatic N) is 1. The zero-order valence-corrected chi connectivity index (χ0v) is 14.6. The normalized spacial score (nSPS) is 24.9. The maximum absolute atomic E-state index is 13.1. The van der Waals surface area contributed by atoms with Crippen molar-refractivity contribution in [2.24, 2.45) is 0 Å². The quantitative estimate of drug-likeness (QED) is 0.747. The third-order valence-electron chi connectivity index (χ3n) is 4.51. The first kappa shape index (κ1) is 20.6. The third kappa shape index (κ3) is 4.94. The lowest BCUT2D eigenvalue weighted by Gasteiger charge is -2.39. The van der Waals surface area contributed by atoms with E-state index in [-0.39, 0.29) is 6.54 Å². The van der Waals surface area contributed by atoms with Crippen LogP contribution in [0.25, 0.3) is 0 Å². The summed E-state index contributed by atoms with van der Waals surface area (Å²) in [5, 5.41) is 9.07. The smallest absolute Gasteiger partial charge is 0.354 e. The molecule has 1 aliphatic heterocycles. The van der Waals surface area contributed by atoms with Gasteiger partial charge < -0.3 is 19.6 Å². The van der Waals surface area contributed by atoms with Crippen LogP contribution in [0.2, 0.25) is 0 Å². The second-order valence-electron chi connectivity index (χ2n) is 6.22. The van der Waals surface area contributed by atoms with Crippen molar-refractivity contribution in [2.45, 2.75) is 50.4 Å². The summed E-state index contributed by atoms with van der Waals surface area (Å²) < 4.78 is 50.0. The molecular formula is C17H23F3N2O4. The van der Waals surface area contributed by atoms with Gasteiger partial charge in [-0.05, 0) is 25.3 Å². The Bertz CT molecular complexity index is 585. The Kier molecular flexibility index (Phi) is 6.99. The molecule has 0 aliphatic carbocycles. The van der Waals surface area contributed by atoms with Crippen LogP contribution in [-0.4, -0.2) is 54.3 Å². The molecule has 0 spiro atoms. The first-order chi connectivity index (χ1) is 12.3. The molecule has 1 aromatic rings. The van der Waals surface area contributed by atoms with Crippen LogP contribution in [0.15, 0.2) is 30.3 Å². The molecule has 9 heteroatoms. The van der Waals surface area contributed by atoms with E-state index < -0.39 is 36.6 Å². The summed E-state index contributed by atoms with van der Waals surface area (Å²) in [5.74, 6) is -1.91. The summed E-state index contributed by atoms with van der Waals surface area (Å²) in [6.07, 6.45) is -5.61. The summed E-state index contributed by atoms with van der Waals surface area (Å²) in [4.78, 5) is 12.8. The van der Waals surface area contributed by atoms with Crippen molar-refractivity contribution in [3.05, 3.63) is 35.9 Å². The van der Waals surface area contributed by atoms with E-state index in [2.05, 4.69) is 5.48 Å². The van der Waals surface area contributed by atoms with Crippen molar-refractivity contribution in [1.82, 2.24) is 10.4 Å². The minimum absolute atomic E-state index is 0.230. The minimum atomic E-state index is -4.98. The number of amides is 1. The van der Waals surface area contributed by atoms with Crippen molar-refractivity contribution in [2.75, 3.05) is 13.7 Å². The summed E-state index contributed by atoms with van der Waals surface area (Å²) in [7, 11) is 1.38. The number of methoxy groups -OCH3 is 1. The Morgan fingerprint density at radius 1 is 1.38 bits per heavy atom. The predicted molar refractivity (Wildman–Crippen MR) is 86.2 cm³/mol. The van der Waals surface area contributed by atoms with Crippen LogP contribution in [0.1, 0.15) is 31.4 Å². The van der Waals surface area contributed by atoms with Gasteiger partial charge in [-0.15, -0.1) is 0 Å². The van der Waals surface area contributed by atoms with E-state index in [1.54, 1.807) is 37.3 Å². The van der Waals surface area contributed by atoms with Gasteiger partial charge in [-0.2, -0.15) is 18.7 Å². The maximum atomic E-state index is 13.1. The van der Waals surface area contributed by atoms with Gasteiger partial charge in [-0.1, -0.05) is 30.3 Å². The number of hydroxylamine groups is 1. The van der Waals surface area contributed by atoms with E-state index in [4.69, 9.17) is 14.7 Å². The molecule has 26 heavy (non-hydrogen) atoms. The Morgan fingerprint density at radius 3 is 2.58 bits per heavy atom. The number of ether oxygens (including phenoxy) is 2. The lowest BCUT2D eigenvalue weighted by molar-refractivity contribution is -0.217. The number of alkyl halides is 3. The van der Waals surface area contributed by atoms with Crippen LogP contribution >= 0.6 is 0 Å². The van der Waals surface area contributed by atoms with Gasteiger partial charge in [0.15, 0.2) is 6.29 Å². The molecule has 0 radical (unpaired) electrons. The van der Waals surface area contributed by atoms with Crippen LogP contribution in [0.5, 0.6) is 0 Å². The van der Waals surface area contributed by atoms with E-state index in [1.165, 1.54) is 7.11 Å². The first-order valence-corrected chi connectivity index (χ1v) is 8.28. The molecule has 146 valence electrons. The molecule has 0 bridgehead atoms. The van der Waals surface area contributed by atoms with Crippen LogP contribution in [0, 0.1) is 0 Å². The van der Waals surface area contributed by atoms with Crippen molar-refractivity contribution in [1.29, 1.82) is 0 Å². The van der Waals surface area contributed by atoms with E-state index in [1.807, 2.05) is 0 Å². The predicted octanol–water partition coefficient (Wildman–Crippen LogP) is 2.64. The molecule has 1 aliphatic rings. The monoisotopic (exact) mass is 376 g/mol. The third-order valence-corrected chi connectivity index (χ3v) is 4.51. The number of nitrogens with one attached hydrogen (secondary N) is 1. The minimum Gasteiger partial charge on any atom is -0.354 e. The Labute approximate surface area is 149 Å². The first-order valence-electron chi connectivity index (χ1n) is 8.28. The lowest BCUT2D eigenvalue weighted by atomic mass is 10.0. The number of halogens is 3. The van der Waals surface area contributed by atoms with Crippen molar-refractivity contribution in [3.63, 3.8) is 0 Å². The van der Waals surface area contributed by atoms with Gasteiger partial charge in [0.2, 0.25) is 0 Å². The summed E-state index contributed by atoms with van der Waals surface area (Å²) in [6, 6.07) is 7.26. The van der Waals surface area contributed by atoms with Crippen molar-refractivity contribution >= 4 is 5.91 Å². The maximum Gasteiger partial charge on any atom is 0.471 e. The molecule has 0 saturated carbocycles. The number of carbonyl (C=O) groups is 1. The van der Waals surface area contributed by atoms with Gasteiger partial charge >= 0.3 is 12.1 Å². The lowest BCUT2D eigenvalue weighted by Crippen LogP contribution is -2.52. The number of hydrogen-bond donors (Lipinski definition) is 2. The second kappa shape index (κ2) is 8.81. The van der Waals surface area contributed by atoms with E-state index in [9.17, 15) is 18.0 Å². The molecular weight excluding hydrogens is 353 g/mol. The molecule has 2 rings (SSSR count). The van der Waals surface area contributed by atoms with Gasteiger partial charge in [0.1, 0.15) is 0 Å². The number of benzene rings is 1. The van der Waals surface area contributed by atoms with E-state index >= 15 is 0 Å². The van der Waals surface area contributed by atoms with Gasteiger partial charge in [0, 0.05) is 13.7 Å². The zero-order chi connectivity index (χ0) is 19.3. The van der Waals surface area contributed by atoms with Gasteiger partial charge in [-0.3, -0.25) is 4.79 Å². The van der Waals surface area contributed by atoms with Crippen LogP contribution < -0.4 is 5.48 Å². The van der Waals surface area contributed by atoms with Gasteiger partial charge in [0.05, 0.1) is 18.2 Å². The Balaban J connectivity index is 2.18. The molecule has 1 saturated heterocycles. The average molecular weight is 376 g/mol. The van der Waals surface area contributed by atoms with Crippen molar-refractivity contribution < 1.29 is 32.6 Å². The van der Waals surface area contributed by atoms with E-state index in [0.29, 0.717) is 18.4 Å². The van der Waals surface area contributed by atoms with Gasteiger partial charge in [0.25, 0.3) is 0 Å². The van der Waals surface area contributed by atoms with Crippen molar-refractivity contribution in [3.8, 4) is 0 Å². The van der Waals surface area contributed by atoms with Gasteiger partial charge in [-0.25, -0.2) is 0 Å². The molecule has 2 N–H and O–H groups in total. The Morgan fingerprint density at radius 2 is 2.04 bits per heavy atom. The fourth-order valence-electron chi connectivity index (χ4n) is 3.04. The molecule has 4 atom stereocenters. The summed E-state index contributed by atoms with van der Waals surface area (Å²) >= 11 is 0. The second-order valence-corrected chi connectivity index (χ2v) is 6.22. The number of rotatable bonds is 6. The fourth-order valence-corrected chi connectivity index (χ4v) is 3.04. The fraction of sp³-hybridized carbons (Fsp3) is 0.588. The highest BCUT2D eigenvalue weighted by atomic mass is 19.4. The molecule has 6 nitrogen and oxygen atoms in total. The Hall–Kier alpha value is -1.68. The summed E-state index contributed by atoms with van der Waals surface area (Å²) in [5.41, 5.74) is 2.66. The molecule has 0 unspecified atom stereocenters. The largest absolute Gasteiger partial charge is 0.471 e. The number of hydrogen-bond acceptors (Lipinski definition) is 5. The number of carbonyl (C=O) groups excluding carboxylic acids is 1. The molecule has 0 aromatic heterocycles.